The third-order valence-electron chi connectivity index (χ3n) is 4.19. The van der Waals surface area contributed by atoms with Crippen molar-refractivity contribution in [2.24, 2.45) is 0 Å². The fourth-order valence-electron chi connectivity index (χ4n) is 2.85. The van der Waals surface area contributed by atoms with Crippen LogP contribution >= 0.6 is 0 Å². The second-order valence-corrected chi connectivity index (χ2v) is 6.03. The van der Waals surface area contributed by atoms with Crippen molar-refractivity contribution in [3.63, 3.8) is 0 Å². The lowest BCUT2D eigenvalue weighted by Gasteiger charge is -2.30. The molecule has 0 aromatic carbocycles. The highest BCUT2D eigenvalue weighted by Gasteiger charge is 2.51. The van der Waals surface area contributed by atoms with E-state index in [4.69, 9.17) is 0 Å². The van der Waals surface area contributed by atoms with Gasteiger partial charge in [0.25, 0.3) is 5.91 Å². The fraction of sp³-hybridized carbons (Fsp3) is 0.714. The molecule has 0 aromatic heterocycles. The number of likely N-dealkylation sites (N-methyl/N-ethyl adjacent to an activating group) is 1. The molecule has 1 saturated carbocycles. The first-order valence-electron chi connectivity index (χ1n) is 7.47. The Bertz CT molecular complexity index is 497. The van der Waals surface area contributed by atoms with Crippen molar-refractivity contribution in [1.29, 1.82) is 0 Å². The minimum Gasteiger partial charge on any atom is -0.347 e. The summed E-state index contributed by atoms with van der Waals surface area (Å²) in [5.41, 5.74) is -0.824. The SMILES string of the molecule is CN(C)C(=O)CNC(=O)CN1C(=O)NC2(CCCCC2)C1=O. The van der Waals surface area contributed by atoms with Crippen LogP contribution < -0.4 is 10.6 Å². The van der Waals surface area contributed by atoms with Gasteiger partial charge in [-0.1, -0.05) is 19.3 Å². The number of carbonyl (C=O) groups is 4. The topological polar surface area (TPSA) is 98.8 Å². The number of rotatable bonds is 4. The van der Waals surface area contributed by atoms with E-state index in [0.717, 1.165) is 24.2 Å². The summed E-state index contributed by atoms with van der Waals surface area (Å²) in [5.74, 6) is -1.10. The predicted octanol–water partition coefficient (Wildman–Crippen LogP) is -0.554. The molecule has 8 nitrogen and oxygen atoms in total. The van der Waals surface area contributed by atoms with Gasteiger partial charge in [-0.3, -0.25) is 19.3 Å². The smallest absolute Gasteiger partial charge is 0.325 e. The molecule has 2 fully saturated rings. The summed E-state index contributed by atoms with van der Waals surface area (Å²) in [5, 5.41) is 5.16. The minimum absolute atomic E-state index is 0.152. The van der Waals surface area contributed by atoms with Crippen molar-refractivity contribution in [3.05, 3.63) is 0 Å². The summed E-state index contributed by atoms with van der Waals surface area (Å²) in [4.78, 5) is 50.0. The van der Waals surface area contributed by atoms with Crippen LogP contribution in [0.25, 0.3) is 0 Å². The van der Waals surface area contributed by atoms with E-state index in [1.54, 1.807) is 14.1 Å². The van der Waals surface area contributed by atoms with Gasteiger partial charge in [0.15, 0.2) is 0 Å². The second-order valence-electron chi connectivity index (χ2n) is 6.03. The lowest BCUT2D eigenvalue weighted by atomic mass is 9.82. The summed E-state index contributed by atoms with van der Waals surface area (Å²) >= 11 is 0. The Morgan fingerprint density at radius 1 is 1.23 bits per heavy atom. The van der Waals surface area contributed by atoms with Gasteiger partial charge in [-0.05, 0) is 12.8 Å². The molecule has 2 N–H and O–H groups in total. The molecule has 0 unspecified atom stereocenters. The number of urea groups is 1. The zero-order chi connectivity index (χ0) is 16.3. The average molecular weight is 310 g/mol. The number of imide groups is 1. The van der Waals surface area contributed by atoms with Crippen LogP contribution in [-0.2, 0) is 14.4 Å². The molecule has 22 heavy (non-hydrogen) atoms. The minimum atomic E-state index is -0.824. The van der Waals surface area contributed by atoms with Gasteiger partial charge in [0.1, 0.15) is 12.1 Å². The van der Waals surface area contributed by atoms with Crippen LogP contribution in [0.1, 0.15) is 32.1 Å². The van der Waals surface area contributed by atoms with Crippen LogP contribution in [0.5, 0.6) is 0 Å². The number of amides is 5. The first kappa shape index (κ1) is 16.3. The first-order chi connectivity index (χ1) is 10.4. The van der Waals surface area contributed by atoms with Gasteiger partial charge in [0, 0.05) is 14.1 Å². The Morgan fingerprint density at radius 2 is 1.86 bits per heavy atom. The Balaban J connectivity index is 1.92. The molecule has 122 valence electrons. The molecule has 2 aliphatic rings. The molecule has 2 rings (SSSR count). The van der Waals surface area contributed by atoms with Crippen molar-refractivity contribution in [2.75, 3.05) is 27.2 Å². The summed E-state index contributed by atoms with van der Waals surface area (Å²) in [6, 6.07) is -0.527. The van der Waals surface area contributed by atoms with Gasteiger partial charge in [0.05, 0.1) is 6.54 Å². The van der Waals surface area contributed by atoms with Crippen LogP contribution in [-0.4, -0.2) is 66.3 Å². The molecular formula is C14H22N4O4. The fourth-order valence-corrected chi connectivity index (χ4v) is 2.85. The standard InChI is InChI=1S/C14H22N4O4/c1-17(2)11(20)8-15-10(19)9-18-12(21)14(16-13(18)22)6-4-3-5-7-14/h3-9H2,1-2H3,(H,15,19)(H,16,22). The van der Waals surface area contributed by atoms with E-state index in [9.17, 15) is 19.2 Å². The summed E-state index contributed by atoms with van der Waals surface area (Å²) in [6.45, 7) is -0.506. The van der Waals surface area contributed by atoms with Crippen LogP contribution in [0.3, 0.4) is 0 Å². The van der Waals surface area contributed by atoms with Gasteiger partial charge >= 0.3 is 6.03 Å². The normalized spacial score (nSPS) is 20.0. The third kappa shape index (κ3) is 3.20. The quantitative estimate of drug-likeness (QED) is 0.680. The van der Waals surface area contributed by atoms with Crippen LogP contribution in [0.4, 0.5) is 4.79 Å². The zero-order valence-electron chi connectivity index (χ0n) is 13.0. The molecular weight excluding hydrogens is 288 g/mol. The Kier molecular flexibility index (Phi) is 4.68. The number of nitrogens with zero attached hydrogens (tertiary/aromatic N) is 2. The monoisotopic (exact) mass is 310 g/mol. The molecule has 0 bridgehead atoms. The summed E-state index contributed by atoms with van der Waals surface area (Å²) < 4.78 is 0. The third-order valence-corrected chi connectivity index (χ3v) is 4.19. The molecule has 5 amide bonds. The van der Waals surface area contributed by atoms with E-state index >= 15 is 0 Å². The molecule has 0 radical (unpaired) electrons. The van der Waals surface area contributed by atoms with Crippen molar-refractivity contribution < 1.29 is 19.2 Å². The maximum absolute atomic E-state index is 12.5. The Labute approximate surface area is 129 Å². The first-order valence-corrected chi connectivity index (χ1v) is 7.47. The van der Waals surface area contributed by atoms with Crippen molar-refractivity contribution >= 4 is 23.8 Å². The molecule has 1 aliphatic heterocycles. The molecule has 1 heterocycles. The lowest BCUT2D eigenvalue weighted by Crippen LogP contribution is -2.49. The van der Waals surface area contributed by atoms with Crippen LogP contribution in [0.15, 0.2) is 0 Å². The highest BCUT2D eigenvalue weighted by atomic mass is 16.2. The van der Waals surface area contributed by atoms with Gasteiger partial charge in [0.2, 0.25) is 11.8 Å². The van der Waals surface area contributed by atoms with E-state index in [-0.39, 0.29) is 24.9 Å². The van der Waals surface area contributed by atoms with E-state index < -0.39 is 17.5 Å². The highest BCUT2D eigenvalue weighted by molar-refractivity contribution is 6.09. The Hall–Kier alpha value is -2.12. The van der Waals surface area contributed by atoms with E-state index in [1.807, 2.05) is 0 Å². The van der Waals surface area contributed by atoms with Crippen LogP contribution in [0.2, 0.25) is 0 Å². The van der Waals surface area contributed by atoms with Crippen molar-refractivity contribution in [3.8, 4) is 0 Å². The van der Waals surface area contributed by atoms with Crippen molar-refractivity contribution in [1.82, 2.24) is 20.4 Å². The van der Waals surface area contributed by atoms with E-state index in [0.29, 0.717) is 12.8 Å². The molecule has 0 aromatic rings. The van der Waals surface area contributed by atoms with Gasteiger partial charge < -0.3 is 15.5 Å². The van der Waals surface area contributed by atoms with E-state index in [2.05, 4.69) is 10.6 Å². The van der Waals surface area contributed by atoms with Crippen molar-refractivity contribution in [2.45, 2.75) is 37.6 Å². The number of hydrogen-bond donors (Lipinski definition) is 2. The molecule has 1 aliphatic carbocycles. The largest absolute Gasteiger partial charge is 0.347 e. The molecule has 1 saturated heterocycles. The van der Waals surface area contributed by atoms with E-state index in [1.165, 1.54) is 4.90 Å². The number of carbonyl (C=O) groups excluding carboxylic acids is 4. The molecule has 8 heteroatoms. The number of hydrogen-bond acceptors (Lipinski definition) is 4. The molecule has 1 spiro atoms. The summed E-state index contributed by atoms with van der Waals surface area (Å²) in [6.07, 6.45) is 4.08. The van der Waals surface area contributed by atoms with Crippen LogP contribution in [0, 0.1) is 0 Å². The lowest BCUT2D eigenvalue weighted by molar-refractivity contribution is -0.136. The highest BCUT2D eigenvalue weighted by Crippen LogP contribution is 2.33. The zero-order valence-corrected chi connectivity index (χ0v) is 13.0. The average Bonchev–Trinajstić information content (AvgIpc) is 2.70. The maximum atomic E-state index is 12.5. The summed E-state index contributed by atoms with van der Waals surface area (Å²) in [7, 11) is 3.16. The Morgan fingerprint density at radius 3 is 2.45 bits per heavy atom. The maximum Gasteiger partial charge on any atom is 0.325 e. The van der Waals surface area contributed by atoms with Gasteiger partial charge in [-0.25, -0.2) is 4.79 Å². The number of nitrogens with one attached hydrogen (secondary N) is 2. The molecule has 0 atom stereocenters. The second kappa shape index (κ2) is 6.33. The van der Waals surface area contributed by atoms with Gasteiger partial charge in [-0.15, -0.1) is 0 Å². The van der Waals surface area contributed by atoms with Gasteiger partial charge in [-0.2, -0.15) is 0 Å². The predicted molar refractivity (Wildman–Crippen MR) is 77.8 cm³/mol.